The Morgan fingerprint density at radius 2 is 1.80 bits per heavy atom. The average Bonchev–Trinajstić information content (AvgIpc) is 2.71. The van der Waals surface area contributed by atoms with Crippen molar-refractivity contribution in [3.63, 3.8) is 0 Å². The summed E-state index contributed by atoms with van der Waals surface area (Å²) >= 11 is 0. The molecule has 164 valence electrons. The van der Waals surface area contributed by atoms with Crippen molar-refractivity contribution in [2.75, 3.05) is 27.3 Å². The molecule has 0 atom stereocenters. The number of carbonyl (C=O) groups excluding carboxylic acids is 2. The summed E-state index contributed by atoms with van der Waals surface area (Å²) in [6, 6.07) is 10.3. The van der Waals surface area contributed by atoms with E-state index in [-0.39, 0.29) is 11.8 Å². The van der Waals surface area contributed by atoms with E-state index in [0.717, 1.165) is 24.5 Å². The normalized spacial score (nSPS) is 14.6. The van der Waals surface area contributed by atoms with Crippen LogP contribution in [0.3, 0.4) is 0 Å². The van der Waals surface area contributed by atoms with Gasteiger partial charge in [-0.1, -0.05) is 51.1 Å². The molecule has 2 rings (SSSR count). The SMILES string of the molecule is CCC1=C(C(=O)OC)CC(C(=O)OCC(C)(C)CN(C)Cc2ccccc2)=C(C)N1. The zero-order valence-electron chi connectivity index (χ0n) is 19.0. The Balaban J connectivity index is 1.95. The first-order chi connectivity index (χ1) is 14.2. The molecule has 0 aliphatic carbocycles. The van der Waals surface area contributed by atoms with E-state index in [4.69, 9.17) is 9.47 Å². The number of nitrogens with zero attached hydrogens (tertiary/aromatic N) is 1. The third-order valence-corrected chi connectivity index (χ3v) is 5.13. The van der Waals surface area contributed by atoms with Gasteiger partial charge >= 0.3 is 11.9 Å². The van der Waals surface area contributed by atoms with Crippen molar-refractivity contribution in [1.82, 2.24) is 10.2 Å². The quantitative estimate of drug-likeness (QED) is 0.620. The van der Waals surface area contributed by atoms with E-state index in [1.54, 1.807) is 0 Å². The first-order valence-electron chi connectivity index (χ1n) is 10.3. The minimum Gasteiger partial charge on any atom is -0.466 e. The van der Waals surface area contributed by atoms with Gasteiger partial charge in [-0.05, 0) is 26.0 Å². The molecule has 0 radical (unpaired) electrons. The lowest BCUT2D eigenvalue weighted by atomic mass is 9.93. The summed E-state index contributed by atoms with van der Waals surface area (Å²) in [5, 5.41) is 3.17. The van der Waals surface area contributed by atoms with Gasteiger partial charge in [-0.2, -0.15) is 0 Å². The molecule has 30 heavy (non-hydrogen) atoms. The second kappa shape index (κ2) is 10.4. The molecule has 6 nitrogen and oxygen atoms in total. The maximum atomic E-state index is 12.8. The molecular formula is C24H34N2O4. The summed E-state index contributed by atoms with van der Waals surface area (Å²) in [6.07, 6.45) is 0.882. The van der Waals surface area contributed by atoms with Gasteiger partial charge in [-0.25, -0.2) is 9.59 Å². The summed E-state index contributed by atoms with van der Waals surface area (Å²) in [5.41, 5.74) is 3.50. The van der Waals surface area contributed by atoms with Crippen molar-refractivity contribution >= 4 is 11.9 Å². The van der Waals surface area contributed by atoms with Gasteiger partial charge in [-0.3, -0.25) is 0 Å². The molecule has 1 aromatic carbocycles. The lowest BCUT2D eigenvalue weighted by Crippen LogP contribution is -2.36. The van der Waals surface area contributed by atoms with Gasteiger partial charge in [0, 0.05) is 36.3 Å². The number of allylic oxidation sites excluding steroid dienone is 2. The monoisotopic (exact) mass is 414 g/mol. The minimum absolute atomic E-state index is 0.217. The van der Waals surface area contributed by atoms with E-state index in [1.165, 1.54) is 12.7 Å². The van der Waals surface area contributed by atoms with Crippen LogP contribution in [-0.4, -0.2) is 44.1 Å². The maximum Gasteiger partial charge on any atom is 0.336 e. The highest BCUT2D eigenvalue weighted by Crippen LogP contribution is 2.27. The Morgan fingerprint density at radius 1 is 1.13 bits per heavy atom. The summed E-state index contributed by atoms with van der Waals surface area (Å²) in [6.45, 7) is 9.85. The number of hydrogen-bond acceptors (Lipinski definition) is 6. The number of methoxy groups -OCH3 is 1. The van der Waals surface area contributed by atoms with E-state index < -0.39 is 11.9 Å². The van der Waals surface area contributed by atoms with Crippen molar-refractivity contribution in [2.45, 2.75) is 47.1 Å². The molecule has 0 bridgehead atoms. The van der Waals surface area contributed by atoms with Gasteiger partial charge in [-0.15, -0.1) is 0 Å². The van der Waals surface area contributed by atoms with Crippen LogP contribution < -0.4 is 5.32 Å². The van der Waals surface area contributed by atoms with E-state index in [1.807, 2.05) is 32.0 Å². The number of benzene rings is 1. The highest BCUT2D eigenvalue weighted by Gasteiger charge is 2.29. The fourth-order valence-electron chi connectivity index (χ4n) is 3.71. The maximum absolute atomic E-state index is 12.8. The van der Waals surface area contributed by atoms with Crippen LogP contribution in [0.4, 0.5) is 0 Å². The molecule has 0 aromatic heterocycles. The highest BCUT2D eigenvalue weighted by molar-refractivity contribution is 5.96. The number of dihydropyridines is 1. The van der Waals surface area contributed by atoms with E-state index in [0.29, 0.717) is 24.2 Å². The zero-order chi connectivity index (χ0) is 22.3. The van der Waals surface area contributed by atoms with Crippen molar-refractivity contribution in [1.29, 1.82) is 0 Å². The predicted octanol–water partition coefficient (Wildman–Crippen LogP) is 3.79. The van der Waals surface area contributed by atoms with Crippen molar-refractivity contribution in [3.05, 3.63) is 58.4 Å². The number of esters is 2. The molecule has 0 saturated heterocycles. The van der Waals surface area contributed by atoms with Crippen molar-refractivity contribution < 1.29 is 19.1 Å². The van der Waals surface area contributed by atoms with Gasteiger partial charge in [0.25, 0.3) is 0 Å². The van der Waals surface area contributed by atoms with Crippen LogP contribution in [-0.2, 0) is 25.6 Å². The second-order valence-electron chi connectivity index (χ2n) is 8.61. The molecule has 0 saturated carbocycles. The molecule has 0 fully saturated rings. The lowest BCUT2D eigenvalue weighted by molar-refractivity contribution is -0.142. The Kier molecular flexibility index (Phi) is 8.24. The van der Waals surface area contributed by atoms with Crippen LogP contribution in [0.5, 0.6) is 0 Å². The smallest absolute Gasteiger partial charge is 0.336 e. The van der Waals surface area contributed by atoms with Gasteiger partial charge in [0.05, 0.1) is 24.9 Å². The third-order valence-electron chi connectivity index (χ3n) is 5.13. The molecule has 6 heteroatoms. The fraction of sp³-hybridized carbons (Fsp3) is 0.500. The molecular weight excluding hydrogens is 380 g/mol. The van der Waals surface area contributed by atoms with E-state index >= 15 is 0 Å². The first-order valence-corrected chi connectivity index (χ1v) is 10.3. The van der Waals surface area contributed by atoms with Crippen LogP contribution in [0.15, 0.2) is 52.9 Å². The fourth-order valence-corrected chi connectivity index (χ4v) is 3.71. The van der Waals surface area contributed by atoms with Crippen LogP contribution in [0.25, 0.3) is 0 Å². The molecule has 1 heterocycles. The molecule has 0 amide bonds. The van der Waals surface area contributed by atoms with Crippen LogP contribution >= 0.6 is 0 Å². The van der Waals surface area contributed by atoms with Gasteiger partial charge < -0.3 is 19.7 Å². The average molecular weight is 415 g/mol. The molecule has 0 spiro atoms. The van der Waals surface area contributed by atoms with E-state index in [9.17, 15) is 9.59 Å². The number of hydrogen-bond donors (Lipinski definition) is 1. The largest absolute Gasteiger partial charge is 0.466 e. The van der Waals surface area contributed by atoms with Gasteiger partial charge in [0.15, 0.2) is 0 Å². The first kappa shape index (κ1) is 23.7. The number of rotatable bonds is 9. The summed E-state index contributed by atoms with van der Waals surface area (Å²) in [7, 11) is 3.41. The number of ether oxygens (including phenoxy) is 2. The molecule has 1 N–H and O–H groups in total. The topological polar surface area (TPSA) is 67.9 Å². The third kappa shape index (κ3) is 6.46. The van der Waals surface area contributed by atoms with Crippen molar-refractivity contribution in [2.24, 2.45) is 5.41 Å². The van der Waals surface area contributed by atoms with Crippen LogP contribution in [0.2, 0.25) is 0 Å². The Hall–Kier alpha value is -2.60. The van der Waals surface area contributed by atoms with Gasteiger partial charge in [0.1, 0.15) is 0 Å². The second-order valence-corrected chi connectivity index (χ2v) is 8.61. The highest BCUT2D eigenvalue weighted by atomic mass is 16.5. The Morgan fingerprint density at radius 3 is 2.40 bits per heavy atom. The molecule has 1 aromatic rings. The predicted molar refractivity (Wildman–Crippen MR) is 117 cm³/mol. The van der Waals surface area contributed by atoms with Crippen LogP contribution in [0, 0.1) is 5.41 Å². The molecule has 1 aliphatic heterocycles. The lowest BCUT2D eigenvalue weighted by Gasteiger charge is -2.30. The minimum atomic E-state index is -0.417. The van der Waals surface area contributed by atoms with Crippen LogP contribution in [0.1, 0.15) is 46.1 Å². The summed E-state index contributed by atoms with van der Waals surface area (Å²) < 4.78 is 10.5. The standard InChI is InChI=1S/C24H34N2O4/c1-7-21-20(22(27)29-6)13-19(17(2)25-21)23(28)30-16-24(3,4)15-26(5)14-18-11-9-8-10-12-18/h8-12,25H,7,13-16H2,1-6H3. The Bertz CT molecular complexity index is 825. The molecule has 1 aliphatic rings. The zero-order valence-corrected chi connectivity index (χ0v) is 19.0. The summed E-state index contributed by atoms with van der Waals surface area (Å²) in [4.78, 5) is 27.1. The number of carbonyl (C=O) groups is 2. The summed E-state index contributed by atoms with van der Waals surface area (Å²) in [5.74, 6) is -0.810. The van der Waals surface area contributed by atoms with Crippen molar-refractivity contribution in [3.8, 4) is 0 Å². The number of nitrogens with one attached hydrogen (secondary N) is 1. The Labute approximate surface area is 179 Å². The van der Waals surface area contributed by atoms with Gasteiger partial charge in [0.2, 0.25) is 0 Å². The molecule has 0 unspecified atom stereocenters. The van der Waals surface area contributed by atoms with E-state index in [2.05, 4.69) is 43.2 Å².